The lowest BCUT2D eigenvalue weighted by Gasteiger charge is -2.26. The highest BCUT2D eigenvalue weighted by molar-refractivity contribution is 7.92. The van der Waals surface area contributed by atoms with Crippen LogP contribution >= 0.6 is 11.6 Å². The summed E-state index contributed by atoms with van der Waals surface area (Å²) in [5, 5.41) is 9.35. The Labute approximate surface area is 105 Å². The van der Waals surface area contributed by atoms with E-state index in [-0.39, 0.29) is 5.69 Å². The zero-order chi connectivity index (χ0) is 13.2. The van der Waals surface area contributed by atoms with Crippen LogP contribution in [-0.4, -0.2) is 31.8 Å². The third-order valence-electron chi connectivity index (χ3n) is 2.15. The van der Waals surface area contributed by atoms with E-state index in [4.69, 9.17) is 16.7 Å². The Morgan fingerprint density at radius 3 is 2.18 bits per heavy atom. The van der Waals surface area contributed by atoms with Crippen molar-refractivity contribution in [3.05, 3.63) is 29.3 Å². The maximum absolute atomic E-state index is 11.6. The molecule has 94 valence electrons. The first-order valence-electron chi connectivity index (χ1n) is 4.71. The summed E-state index contributed by atoms with van der Waals surface area (Å²) < 4.78 is 24.0. The fourth-order valence-corrected chi connectivity index (χ4v) is 2.69. The molecule has 0 aliphatic carbocycles. The number of carboxylic acids is 1. The number of carboxylic acid groups (broad SMARTS) is 1. The quantitative estimate of drug-likeness (QED) is 0.907. The molecule has 0 fully saturated rings. The zero-order valence-corrected chi connectivity index (χ0v) is 10.9. The number of hydrogen-bond donors (Lipinski definition) is 1. The molecule has 17 heavy (non-hydrogen) atoms. The van der Waals surface area contributed by atoms with Crippen molar-refractivity contribution >= 4 is 33.3 Å². The average Bonchev–Trinajstić information content (AvgIpc) is 2.19. The fourth-order valence-electron chi connectivity index (χ4n) is 1.39. The topological polar surface area (TPSA) is 74.7 Å². The van der Waals surface area contributed by atoms with Crippen LogP contribution in [0.4, 0.5) is 5.69 Å². The van der Waals surface area contributed by atoms with E-state index in [0.29, 0.717) is 5.02 Å². The molecule has 0 aliphatic rings. The normalized spacial score (nSPS) is 13.1. The highest BCUT2D eigenvalue weighted by Gasteiger charge is 2.28. The summed E-state index contributed by atoms with van der Waals surface area (Å²) >= 11 is 5.69. The van der Waals surface area contributed by atoms with Gasteiger partial charge in [0, 0.05) is 5.02 Å². The van der Waals surface area contributed by atoms with E-state index in [1.54, 1.807) is 0 Å². The monoisotopic (exact) mass is 277 g/mol. The molecule has 0 saturated carbocycles. The molecule has 1 rings (SSSR count). The van der Waals surface area contributed by atoms with Crippen molar-refractivity contribution in [1.82, 2.24) is 0 Å². The van der Waals surface area contributed by atoms with Crippen LogP contribution < -0.4 is 4.31 Å². The van der Waals surface area contributed by atoms with Crippen molar-refractivity contribution in [2.24, 2.45) is 0 Å². The molecule has 1 N–H and O–H groups in total. The highest BCUT2D eigenvalue weighted by atomic mass is 35.5. The molecule has 0 radical (unpaired) electrons. The standard InChI is InChI=1S/C10H12ClNO4S/c1-7(10(13)14)12(17(2,15)16)9-5-3-8(11)4-6-9/h3-7H,1-2H3,(H,13,14)/t7-/m1/s1. The lowest BCUT2D eigenvalue weighted by molar-refractivity contribution is -0.137. The number of benzene rings is 1. The SMILES string of the molecule is C[C@H](C(=O)O)N(c1ccc(Cl)cc1)S(C)(=O)=O. The summed E-state index contributed by atoms with van der Waals surface area (Å²) in [4.78, 5) is 10.9. The number of rotatable bonds is 4. The summed E-state index contributed by atoms with van der Waals surface area (Å²) in [6.07, 6.45) is 0.959. The lowest BCUT2D eigenvalue weighted by Crippen LogP contribution is -2.42. The van der Waals surface area contributed by atoms with Gasteiger partial charge in [-0.15, -0.1) is 0 Å². The second-order valence-corrected chi connectivity index (χ2v) is 5.85. The van der Waals surface area contributed by atoms with E-state index in [9.17, 15) is 13.2 Å². The highest BCUT2D eigenvalue weighted by Crippen LogP contribution is 2.22. The molecule has 0 bridgehead atoms. The lowest BCUT2D eigenvalue weighted by atomic mass is 10.2. The molecule has 5 nitrogen and oxygen atoms in total. The van der Waals surface area contributed by atoms with Crippen LogP contribution in [0.2, 0.25) is 5.02 Å². The number of carbonyl (C=O) groups is 1. The van der Waals surface area contributed by atoms with Gasteiger partial charge in [0.25, 0.3) is 0 Å². The summed E-state index contributed by atoms with van der Waals surface area (Å²) in [7, 11) is -3.67. The van der Waals surface area contributed by atoms with Gasteiger partial charge in [0.1, 0.15) is 6.04 Å². The number of aliphatic carboxylic acids is 1. The Bertz CT molecular complexity index is 512. The Balaban J connectivity index is 3.25. The van der Waals surface area contributed by atoms with Crippen LogP contribution in [0.5, 0.6) is 0 Å². The first-order valence-corrected chi connectivity index (χ1v) is 6.94. The zero-order valence-electron chi connectivity index (χ0n) is 9.29. The average molecular weight is 278 g/mol. The molecule has 0 spiro atoms. The van der Waals surface area contributed by atoms with Gasteiger partial charge in [0.2, 0.25) is 10.0 Å². The van der Waals surface area contributed by atoms with Crippen molar-refractivity contribution in [3.8, 4) is 0 Å². The van der Waals surface area contributed by atoms with Gasteiger partial charge in [0.15, 0.2) is 0 Å². The van der Waals surface area contributed by atoms with E-state index < -0.39 is 22.0 Å². The van der Waals surface area contributed by atoms with Gasteiger partial charge in [-0.05, 0) is 31.2 Å². The molecule has 1 aromatic carbocycles. The minimum atomic E-state index is -3.67. The molecule has 7 heteroatoms. The van der Waals surface area contributed by atoms with Crippen LogP contribution in [-0.2, 0) is 14.8 Å². The Morgan fingerprint density at radius 2 is 1.82 bits per heavy atom. The Morgan fingerprint density at radius 1 is 1.35 bits per heavy atom. The molecular weight excluding hydrogens is 266 g/mol. The van der Waals surface area contributed by atoms with Crippen molar-refractivity contribution in [3.63, 3.8) is 0 Å². The van der Waals surface area contributed by atoms with Gasteiger partial charge < -0.3 is 5.11 Å². The number of halogens is 1. The fraction of sp³-hybridized carbons (Fsp3) is 0.300. The van der Waals surface area contributed by atoms with Crippen LogP contribution in [0.25, 0.3) is 0 Å². The summed E-state index contributed by atoms with van der Waals surface area (Å²) in [6, 6.07) is 4.75. The maximum atomic E-state index is 11.6. The molecule has 0 saturated heterocycles. The first kappa shape index (κ1) is 13.8. The number of hydrogen-bond acceptors (Lipinski definition) is 3. The minimum Gasteiger partial charge on any atom is -0.480 e. The third-order valence-corrected chi connectivity index (χ3v) is 3.64. The molecule has 1 atom stereocenters. The Kier molecular flexibility index (Phi) is 4.00. The second-order valence-electron chi connectivity index (χ2n) is 3.55. The predicted octanol–water partition coefficient (Wildman–Crippen LogP) is 1.58. The number of sulfonamides is 1. The van der Waals surface area contributed by atoms with E-state index in [2.05, 4.69) is 0 Å². The third kappa shape index (κ3) is 3.34. The van der Waals surface area contributed by atoms with Crippen LogP contribution in [0.1, 0.15) is 6.92 Å². The van der Waals surface area contributed by atoms with Gasteiger partial charge in [-0.3, -0.25) is 4.31 Å². The van der Waals surface area contributed by atoms with Crippen molar-refractivity contribution in [2.75, 3.05) is 10.6 Å². The number of nitrogens with zero attached hydrogens (tertiary/aromatic N) is 1. The van der Waals surface area contributed by atoms with Gasteiger partial charge in [0.05, 0.1) is 11.9 Å². The minimum absolute atomic E-state index is 0.270. The molecular formula is C10H12ClNO4S. The van der Waals surface area contributed by atoms with E-state index in [0.717, 1.165) is 10.6 Å². The van der Waals surface area contributed by atoms with E-state index in [1.165, 1.54) is 31.2 Å². The van der Waals surface area contributed by atoms with Crippen LogP contribution in [0.15, 0.2) is 24.3 Å². The maximum Gasteiger partial charge on any atom is 0.327 e. The smallest absolute Gasteiger partial charge is 0.327 e. The van der Waals surface area contributed by atoms with E-state index in [1.807, 2.05) is 0 Å². The summed E-state index contributed by atoms with van der Waals surface area (Å²) in [5.74, 6) is -1.22. The molecule has 0 aliphatic heterocycles. The Hall–Kier alpha value is -1.27. The van der Waals surface area contributed by atoms with Gasteiger partial charge >= 0.3 is 5.97 Å². The van der Waals surface area contributed by atoms with Crippen LogP contribution in [0, 0.1) is 0 Å². The summed E-state index contributed by atoms with van der Waals surface area (Å²) in [6.45, 7) is 1.30. The molecule has 1 aromatic rings. The molecule has 0 heterocycles. The summed E-state index contributed by atoms with van der Waals surface area (Å²) in [5.41, 5.74) is 0.270. The van der Waals surface area contributed by atoms with Crippen molar-refractivity contribution in [1.29, 1.82) is 0 Å². The first-order chi connectivity index (χ1) is 7.73. The number of anilines is 1. The van der Waals surface area contributed by atoms with Gasteiger partial charge in [-0.1, -0.05) is 11.6 Å². The predicted molar refractivity (Wildman–Crippen MR) is 65.9 cm³/mol. The van der Waals surface area contributed by atoms with Crippen LogP contribution in [0.3, 0.4) is 0 Å². The van der Waals surface area contributed by atoms with Gasteiger partial charge in [-0.2, -0.15) is 0 Å². The van der Waals surface area contributed by atoms with Crippen molar-refractivity contribution in [2.45, 2.75) is 13.0 Å². The van der Waals surface area contributed by atoms with Crippen molar-refractivity contribution < 1.29 is 18.3 Å². The van der Waals surface area contributed by atoms with E-state index >= 15 is 0 Å². The largest absolute Gasteiger partial charge is 0.480 e. The van der Waals surface area contributed by atoms with Gasteiger partial charge in [-0.25, -0.2) is 13.2 Å². The molecule has 0 unspecified atom stereocenters. The molecule has 0 aromatic heterocycles. The molecule has 0 amide bonds. The second kappa shape index (κ2) is 4.93.